The zero-order chi connectivity index (χ0) is 23.3. The van der Waals surface area contributed by atoms with Crippen LogP contribution < -0.4 is 20.1 Å². The minimum atomic E-state index is -0.198. The molecular weight excluding hydrogens is 404 g/mol. The highest BCUT2D eigenvalue weighted by Gasteiger charge is 2.25. The van der Waals surface area contributed by atoms with Crippen molar-refractivity contribution in [3.8, 4) is 11.5 Å². The van der Waals surface area contributed by atoms with E-state index in [0.717, 1.165) is 24.6 Å². The van der Waals surface area contributed by atoms with Crippen molar-refractivity contribution in [1.82, 2.24) is 10.6 Å². The molecule has 2 aromatic carbocycles. The van der Waals surface area contributed by atoms with Crippen molar-refractivity contribution >= 4 is 11.6 Å². The van der Waals surface area contributed by atoms with Crippen LogP contribution in [0.1, 0.15) is 47.4 Å². The number of rotatable bonds is 15. The fraction of sp³-hybridized carbons (Fsp3) is 0.462. The number of carbonyl (C=O) groups excluding carboxylic acids is 2. The van der Waals surface area contributed by atoms with Crippen LogP contribution in [0, 0.1) is 11.8 Å². The molecule has 2 unspecified atom stereocenters. The molecular formula is C26H36N2O4. The number of benzene rings is 2. The van der Waals surface area contributed by atoms with Gasteiger partial charge in [-0.3, -0.25) is 9.59 Å². The highest BCUT2D eigenvalue weighted by Crippen LogP contribution is 2.22. The molecule has 2 atom stereocenters. The van der Waals surface area contributed by atoms with Gasteiger partial charge in [0, 0.05) is 36.1 Å². The summed E-state index contributed by atoms with van der Waals surface area (Å²) in [6, 6.07) is 14.4. The van der Waals surface area contributed by atoms with E-state index in [4.69, 9.17) is 9.47 Å². The predicted octanol–water partition coefficient (Wildman–Crippen LogP) is 4.00. The summed E-state index contributed by atoms with van der Waals surface area (Å²) in [6.07, 6.45) is 1.27. The third kappa shape index (κ3) is 7.46. The van der Waals surface area contributed by atoms with Crippen LogP contribution >= 0.6 is 0 Å². The average Bonchev–Trinajstić information content (AvgIpc) is 2.85. The molecule has 6 nitrogen and oxygen atoms in total. The lowest BCUT2D eigenvalue weighted by atomic mass is 9.86. The van der Waals surface area contributed by atoms with Gasteiger partial charge in [-0.05, 0) is 74.5 Å². The van der Waals surface area contributed by atoms with E-state index in [-0.39, 0.29) is 23.4 Å². The molecule has 0 aliphatic heterocycles. The Morgan fingerprint density at radius 2 is 1.03 bits per heavy atom. The fourth-order valence-corrected chi connectivity index (χ4v) is 3.67. The van der Waals surface area contributed by atoms with Crippen LogP contribution in [0.3, 0.4) is 0 Å². The molecule has 0 saturated carbocycles. The quantitative estimate of drug-likeness (QED) is 0.408. The van der Waals surface area contributed by atoms with Gasteiger partial charge < -0.3 is 20.1 Å². The molecule has 32 heavy (non-hydrogen) atoms. The predicted molar refractivity (Wildman–Crippen MR) is 128 cm³/mol. The molecule has 174 valence electrons. The van der Waals surface area contributed by atoms with Gasteiger partial charge >= 0.3 is 0 Å². The van der Waals surface area contributed by atoms with E-state index >= 15 is 0 Å². The Labute approximate surface area is 191 Å². The van der Waals surface area contributed by atoms with Crippen molar-refractivity contribution in [3.63, 3.8) is 0 Å². The fourth-order valence-electron chi connectivity index (χ4n) is 3.67. The first-order valence-corrected chi connectivity index (χ1v) is 11.3. The number of hydrogen-bond donors (Lipinski definition) is 2. The summed E-state index contributed by atoms with van der Waals surface area (Å²) in [4.78, 5) is 26.4. The van der Waals surface area contributed by atoms with Crippen LogP contribution in [0.4, 0.5) is 0 Å². The molecule has 0 spiro atoms. The van der Waals surface area contributed by atoms with Crippen LogP contribution in [0.25, 0.3) is 0 Å². The molecule has 0 radical (unpaired) electrons. The summed E-state index contributed by atoms with van der Waals surface area (Å²) in [7, 11) is 3.21. The van der Waals surface area contributed by atoms with Gasteiger partial charge in [-0.25, -0.2) is 0 Å². The average molecular weight is 441 g/mol. The van der Waals surface area contributed by atoms with Crippen molar-refractivity contribution in [3.05, 3.63) is 59.7 Å². The minimum Gasteiger partial charge on any atom is -0.497 e. The van der Waals surface area contributed by atoms with E-state index in [0.29, 0.717) is 37.1 Å². The molecule has 0 saturated heterocycles. The van der Waals surface area contributed by atoms with E-state index in [1.54, 1.807) is 62.8 Å². The van der Waals surface area contributed by atoms with E-state index in [1.807, 2.05) is 13.8 Å². The molecule has 0 aromatic heterocycles. The number of carbonyl (C=O) groups is 2. The van der Waals surface area contributed by atoms with Crippen LogP contribution in [-0.2, 0) is 0 Å². The number of ketones is 2. The second-order valence-electron chi connectivity index (χ2n) is 7.77. The van der Waals surface area contributed by atoms with Crippen LogP contribution in [-0.4, -0.2) is 52.0 Å². The highest BCUT2D eigenvalue weighted by molar-refractivity contribution is 5.99. The Morgan fingerprint density at radius 1 is 0.688 bits per heavy atom. The molecule has 2 aromatic rings. The van der Waals surface area contributed by atoms with Gasteiger partial charge in [-0.2, -0.15) is 0 Å². The summed E-state index contributed by atoms with van der Waals surface area (Å²) < 4.78 is 10.4. The summed E-state index contributed by atoms with van der Waals surface area (Å²) in [5.74, 6) is 1.23. The first-order chi connectivity index (χ1) is 15.5. The normalized spacial score (nSPS) is 12.8. The summed E-state index contributed by atoms with van der Waals surface area (Å²) in [5, 5.41) is 6.60. The molecule has 2 N–H and O–H groups in total. The van der Waals surface area contributed by atoms with Gasteiger partial charge in [0.05, 0.1) is 14.2 Å². The Hall–Kier alpha value is -2.70. The maximum Gasteiger partial charge on any atom is 0.167 e. The van der Waals surface area contributed by atoms with Gasteiger partial charge in [-0.15, -0.1) is 0 Å². The first-order valence-electron chi connectivity index (χ1n) is 11.3. The first kappa shape index (κ1) is 25.6. The number of methoxy groups -OCH3 is 2. The topological polar surface area (TPSA) is 76.7 Å². The van der Waals surface area contributed by atoms with Gasteiger partial charge in [0.1, 0.15) is 11.5 Å². The maximum atomic E-state index is 13.2. The molecule has 0 aliphatic rings. The monoisotopic (exact) mass is 440 g/mol. The Morgan fingerprint density at radius 3 is 1.31 bits per heavy atom. The summed E-state index contributed by atoms with van der Waals surface area (Å²) in [5.41, 5.74) is 1.33. The van der Waals surface area contributed by atoms with Crippen LogP contribution in [0.5, 0.6) is 11.5 Å². The summed E-state index contributed by atoms with van der Waals surface area (Å²) in [6.45, 7) is 6.81. The molecule has 0 amide bonds. The zero-order valence-electron chi connectivity index (χ0n) is 19.6. The van der Waals surface area contributed by atoms with Gasteiger partial charge in [-0.1, -0.05) is 13.8 Å². The van der Waals surface area contributed by atoms with E-state index in [2.05, 4.69) is 10.6 Å². The van der Waals surface area contributed by atoms with Crippen LogP contribution in [0.15, 0.2) is 48.5 Å². The highest BCUT2D eigenvalue weighted by atomic mass is 16.5. The lowest BCUT2D eigenvalue weighted by Gasteiger charge is -2.21. The lowest BCUT2D eigenvalue weighted by molar-refractivity contribution is 0.0865. The third-order valence-corrected chi connectivity index (χ3v) is 5.64. The van der Waals surface area contributed by atoms with Gasteiger partial charge in [0.25, 0.3) is 0 Å². The molecule has 2 rings (SSSR count). The van der Waals surface area contributed by atoms with Crippen molar-refractivity contribution < 1.29 is 19.1 Å². The van der Waals surface area contributed by atoms with Crippen molar-refractivity contribution in [2.24, 2.45) is 11.8 Å². The molecule has 0 heterocycles. The summed E-state index contributed by atoms with van der Waals surface area (Å²) >= 11 is 0. The van der Waals surface area contributed by atoms with Gasteiger partial charge in [0.15, 0.2) is 11.6 Å². The molecule has 0 bridgehead atoms. The van der Waals surface area contributed by atoms with E-state index < -0.39 is 0 Å². The lowest BCUT2D eigenvalue weighted by Crippen LogP contribution is -2.32. The second-order valence-corrected chi connectivity index (χ2v) is 7.77. The van der Waals surface area contributed by atoms with Gasteiger partial charge in [0.2, 0.25) is 0 Å². The van der Waals surface area contributed by atoms with E-state index in [1.165, 1.54) is 0 Å². The van der Waals surface area contributed by atoms with Crippen molar-refractivity contribution in [2.45, 2.75) is 26.7 Å². The SMILES string of the molecule is CCNCC(CCC(CNCC)C(=O)c1ccc(OC)cc1)C(=O)c1ccc(OC)cc1. The van der Waals surface area contributed by atoms with Crippen molar-refractivity contribution in [2.75, 3.05) is 40.4 Å². The Balaban J connectivity index is 2.13. The zero-order valence-corrected chi connectivity index (χ0v) is 19.6. The largest absolute Gasteiger partial charge is 0.497 e. The second kappa shape index (κ2) is 13.7. The third-order valence-electron chi connectivity index (χ3n) is 5.64. The number of Topliss-reactive ketones (excluding diaryl/α,β-unsaturated/α-hetero) is 2. The minimum absolute atomic E-state index is 0.0905. The number of hydrogen-bond acceptors (Lipinski definition) is 6. The maximum absolute atomic E-state index is 13.2. The Kier molecular flexibility index (Phi) is 10.9. The molecule has 6 heteroatoms. The number of ether oxygens (including phenoxy) is 2. The van der Waals surface area contributed by atoms with Crippen LogP contribution in [0.2, 0.25) is 0 Å². The molecule has 0 fully saturated rings. The smallest absolute Gasteiger partial charge is 0.167 e. The molecule has 0 aliphatic carbocycles. The Bertz CT molecular complexity index is 762. The van der Waals surface area contributed by atoms with E-state index in [9.17, 15) is 9.59 Å². The standard InChI is InChI=1S/C26H36N2O4/c1-5-27-17-21(25(29)19-9-13-23(31-3)14-10-19)7-8-22(18-28-6-2)26(30)20-11-15-24(32-4)16-12-20/h9-16,21-22,27-28H,5-8,17-18H2,1-4H3. The number of nitrogens with one attached hydrogen (secondary N) is 2. The van der Waals surface area contributed by atoms with Crippen molar-refractivity contribution in [1.29, 1.82) is 0 Å².